The van der Waals surface area contributed by atoms with Crippen molar-refractivity contribution in [2.24, 2.45) is 0 Å². The van der Waals surface area contributed by atoms with Crippen LogP contribution in [0, 0.1) is 0 Å². The van der Waals surface area contributed by atoms with Gasteiger partial charge in [0.15, 0.2) is 5.82 Å². The summed E-state index contributed by atoms with van der Waals surface area (Å²) < 4.78 is 0. The fourth-order valence-electron chi connectivity index (χ4n) is 1.09. The Morgan fingerprint density at radius 2 is 2.08 bits per heavy atom. The minimum absolute atomic E-state index is 0.251. The summed E-state index contributed by atoms with van der Waals surface area (Å²) in [6.07, 6.45) is 2.72. The molecule has 64 valence electrons. The number of rotatable bonds is 1. The zero-order valence-electron chi connectivity index (χ0n) is 6.30. The predicted molar refractivity (Wildman–Crippen MR) is 48.9 cm³/mol. The smallest absolute Gasteiger partial charge is 0.224 e. The molecule has 2 rings (SSSR count). The zero-order valence-corrected chi connectivity index (χ0v) is 7.81. The third-order valence-corrected chi connectivity index (χ3v) is 2.30. The normalized spacial score (nSPS) is 16.0. The maximum atomic E-state index is 5.88. The van der Waals surface area contributed by atoms with E-state index in [2.05, 4.69) is 14.9 Å². The van der Waals surface area contributed by atoms with Gasteiger partial charge in [-0.2, -0.15) is 4.98 Å². The lowest BCUT2D eigenvalue weighted by molar-refractivity contribution is 0.609. The van der Waals surface area contributed by atoms with Crippen molar-refractivity contribution in [3.05, 3.63) is 16.5 Å². The number of halogens is 2. The van der Waals surface area contributed by atoms with E-state index in [1.807, 2.05) is 0 Å². The molecule has 3 nitrogen and oxygen atoms in total. The van der Waals surface area contributed by atoms with E-state index >= 15 is 0 Å². The van der Waals surface area contributed by atoms with Crippen molar-refractivity contribution >= 4 is 29.0 Å². The average Bonchev–Trinajstić information content (AvgIpc) is 1.93. The van der Waals surface area contributed by atoms with Gasteiger partial charge in [0.1, 0.15) is 5.02 Å². The Labute approximate surface area is 80.3 Å². The molecule has 1 aromatic rings. The van der Waals surface area contributed by atoms with Crippen LogP contribution in [0.25, 0.3) is 0 Å². The minimum Gasteiger partial charge on any atom is -0.355 e. The van der Waals surface area contributed by atoms with Gasteiger partial charge in [-0.1, -0.05) is 11.6 Å². The minimum atomic E-state index is 0.251. The monoisotopic (exact) mass is 203 g/mol. The van der Waals surface area contributed by atoms with Crippen LogP contribution in [0.15, 0.2) is 6.20 Å². The Morgan fingerprint density at radius 1 is 1.33 bits per heavy atom. The molecule has 0 amide bonds. The fourth-order valence-corrected chi connectivity index (χ4v) is 1.43. The van der Waals surface area contributed by atoms with Crippen molar-refractivity contribution in [2.75, 3.05) is 18.0 Å². The molecule has 0 radical (unpaired) electrons. The van der Waals surface area contributed by atoms with Crippen LogP contribution in [0.1, 0.15) is 6.42 Å². The molecule has 1 aliphatic rings. The van der Waals surface area contributed by atoms with Gasteiger partial charge < -0.3 is 4.90 Å². The molecule has 0 spiro atoms. The molecule has 0 bridgehead atoms. The summed E-state index contributed by atoms with van der Waals surface area (Å²) in [5, 5.41) is 0.820. The fraction of sp³-hybridized carbons (Fsp3) is 0.429. The third-order valence-electron chi connectivity index (χ3n) is 1.85. The van der Waals surface area contributed by atoms with Gasteiger partial charge in [-0.15, -0.1) is 0 Å². The van der Waals surface area contributed by atoms with E-state index in [1.165, 1.54) is 12.6 Å². The van der Waals surface area contributed by atoms with Crippen LogP contribution in [0.4, 0.5) is 5.82 Å². The van der Waals surface area contributed by atoms with E-state index in [-0.39, 0.29) is 5.28 Å². The Bertz CT molecular complexity index is 299. The molecule has 0 atom stereocenters. The Hall–Kier alpha value is -0.540. The highest BCUT2D eigenvalue weighted by molar-refractivity contribution is 6.33. The molecule has 1 aromatic heterocycles. The number of aromatic nitrogens is 2. The second-order valence-corrected chi connectivity index (χ2v) is 3.40. The quantitative estimate of drug-likeness (QED) is 0.655. The summed E-state index contributed by atoms with van der Waals surface area (Å²) >= 11 is 11.5. The maximum Gasteiger partial charge on any atom is 0.224 e. The molecule has 1 saturated heterocycles. The highest BCUT2D eigenvalue weighted by atomic mass is 35.5. The molecule has 2 heterocycles. The molecule has 1 aliphatic heterocycles. The van der Waals surface area contributed by atoms with Crippen molar-refractivity contribution < 1.29 is 0 Å². The summed E-state index contributed by atoms with van der Waals surface area (Å²) in [5.74, 6) is 0.753. The van der Waals surface area contributed by atoms with Gasteiger partial charge in [0.25, 0.3) is 0 Å². The van der Waals surface area contributed by atoms with Crippen molar-refractivity contribution in [3.8, 4) is 0 Å². The molecule has 0 aliphatic carbocycles. The number of hydrogen-bond donors (Lipinski definition) is 0. The molecule has 1 fully saturated rings. The standard InChI is InChI=1S/C7H7Cl2N3/c8-5-4-10-7(9)11-6(5)12-2-1-3-12/h4H,1-3H2. The van der Waals surface area contributed by atoms with Crippen LogP contribution in [0.2, 0.25) is 10.3 Å². The second-order valence-electron chi connectivity index (χ2n) is 2.65. The van der Waals surface area contributed by atoms with E-state index in [4.69, 9.17) is 23.2 Å². The van der Waals surface area contributed by atoms with Crippen molar-refractivity contribution in [1.29, 1.82) is 0 Å². The Kier molecular flexibility index (Phi) is 2.07. The summed E-state index contributed by atoms with van der Waals surface area (Å²) in [6, 6.07) is 0. The summed E-state index contributed by atoms with van der Waals surface area (Å²) in [7, 11) is 0. The van der Waals surface area contributed by atoms with E-state index in [1.54, 1.807) is 0 Å². The lowest BCUT2D eigenvalue weighted by Gasteiger charge is -2.32. The van der Waals surface area contributed by atoms with Gasteiger partial charge in [-0.05, 0) is 18.0 Å². The van der Waals surface area contributed by atoms with Crippen LogP contribution >= 0.6 is 23.2 Å². The van der Waals surface area contributed by atoms with Gasteiger partial charge in [0.2, 0.25) is 5.28 Å². The van der Waals surface area contributed by atoms with E-state index in [9.17, 15) is 0 Å². The molecule has 0 N–H and O–H groups in total. The molecular formula is C7H7Cl2N3. The van der Waals surface area contributed by atoms with Crippen LogP contribution in [0.5, 0.6) is 0 Å². The van der Waals surface area contributed by atoms with Gasteiger partial charge in [-0.25, -0.2) is 4.98 Å². The maximum absolute atomic E-state index is 5.88. The van der Waals surface area contributed by atoms with E-state index < -0.39 is 0 Å². The van der Waals surface area contributed by atoms with Crippen molar-refractivity contribution in [3.63, 3.8) is 0 Å². The van der Waals surface area contributed by atoms with Gasteiger partial charge in [0.05, 0.1) is 6.20 Å². The van der Waals surface area contributed by atoms with Crippen molar-refractivity contribution in [2.45, 2.75) is 6.42 Å². The first-order valence-electron chi connectivity index (χ1n) is 3.70. The van der Waals surface area contributed by atoms with Crippen molar-refractivity contribution in [1.82, 2.24) is 9.97 Å². The van der Waals surface area contributed by atoms with E-state index in [0.717, 1.165) is 18.9 Å². The van der Waals surface area contributed by atoms with Crippen LogP contribution < -0.4 is 4.90 Å². The zero-order chi connectivity index (χ0) is 8.55. The first-order valence-corrected chi connectivity index (χ1v) is 4.46. The first kappa shape index (κ1) is 8.08. The molecule has 12 heavy (non-hydrogen) atoms. The van der Waals surface area contributed by atoms with Gasteiger partial charge in [0, 0.05) is 13.1 Å². The first-order chi connectivity index (χ1) is 5.77. The lowest BCUT2D eigenvalue weighted by atomic mass is 10.2. The summed E-state index contributed by atoms with van der Waals surface area (Å²) in [4.78, 5) is 9.90. The summed E-state index contributed by atoms with van der Waals surface area (Å²) in [5.41, 5.74) is 0. The predicted octanol–water partition coefficient (Wildman–Crippen LogP) is 1.99. The molecule has 0 aromatic carbocycles. The van der Waals surface area contributed by atoms with Gasteiger partial charge in [-0.3, -0.25) is 0 Å². The number of nitrogens with zero attached hydrogens (tertiary/aromatic N) is 3. The summed E-state index contributed by atoms with van der Waals surface area (Å²) in [6.45, 7) is 2.01. The Morgan fingerprint density at radius 3 is 2.67 bits per heavy atom. The van der Waals surface area contributed by atoms with E-state index in [0.29, 0.717) is 5.02 Å². The highest BCUT2D eigenvalue weighted by Crippen LogP contribution is 2.26. The van der Waals surface area contributed by atoms with Crippen LogP contribution in [-0.2, 0) is 0 Å². The molecule has 0 unspecified atom stereocenters. The SMILES string of the molecule is Clc1ncc(Cl)c(N2CCC2)n1. The number of hydrogen-bond acceptors (Lipinski definition) is 3. The lowest BCUT2D eigenvalue weighted by Crippen LogP contribution is -2.37. The molecular weight excluding hydrogens is 197 g/mol. The third kappa shape index (κ3) is 1.34. The van der Waals surface area contributed by atoms with Crippen LogP contribution in [-0.4, -0.2) is 23.1 Å². The Balaban J connectivity index is 2.34. The van der Waals surface area contributed by atoms with Crippen LogP contribution in [0.3, 0.4) is 0 Å². The molecule has 0 saturated carbocycles. The topological polar surface area (TPSA) is 29.0 Å². The highest BCUT2D eigenvalue weighted by Gasteiger charge is 2.18. The number of anilines is 1. The average molecular weight is 204 g/mol. The van der Waals surface area contributed by atoms with Gasteiger partial charge >= 0.3 is 0 Å². The second kappa shape index (κ2) is 3.07. The molecule has 5 heteroatoms. The largest absolute Gasteiger partial charge is 0.355 e.